The first kappa shape index (κ1) is 16.0. The van der Waals surface area contributed by atoms with E-state index in [0.29, 0.717) is 0 Å². The minimum atomic E-state index is -2.00. The van der Waals surface area contributed by atoms with Gasteiger partial charge in [0.1, 0.15) is 6.79 Å². The predicted molar refractivity (Wildman–Crippen MR) is 61.8 cm³/mol. The van der Waals surface area contributed by atoms with Crippen molar-refractivity contribution in [2.75, 3.05) is 33.6 Å². The number of hydrogen-bond acceptors (Lipinski definition) is 6. The molecule has 0 aliphatic rings. The molecule has 80 valence electrons. The highest BCUT2D eigenvalue weighted by molar-refractivity contribution is 8.67. The molecule has 1 N–H and O–H groups in total. The second kappa shape index (κ2) is 10.6. The SMILES string of the molecule is C=O.CNCCSP(=S)(OC)OC. The van der Waals surface area contributed by atoms with E-state index in [1.165, 1.54) is 0 Å². The maximum atomic E-state index is 8.00. The molecule has 0 radical (unpaired) electrons. The van der Waals surface area contributed by atoms with E-state index >= 15 is 0 Å². The Hall–Kier alpha value is 0.550. The fraction of sp³-hybridized carbons (Fsp3) is 0.833. The number of rotatable bonds is 6. The third kappa shape index (κ3) is 8.87. The molecule has 0 atom stereocenters. The molecule has 4 nitrogen and oxygen atoms in total. The number of carbonyl (C=O) groups is 1. The van der Waals surface area contributed by atoms with Crippen molar-refractivity contribution >= 4 is 35.7 Å². The van der Waals surface area contributed by atoms with Crippen LogP contribution in [-0.4, -0.2) is 40.4 Å². The quantitative estimate of drug-likeness (QED) is 0.562. The van der Waals surface area contributed by atoms with Gasteiger partial charge < -0.3 is 19.2 Å². The van der Waals surface area contributed by atoms with Crippen LogP contribution in [0.2, 0.25) is 0 Å². The summed E-state index contributed by atoms with van der Waals surface area (Å²) in [5.74, 6) is 0.926. The zero-order valence-corrected chi connectivity index (χ0v) is 10.6. The molecule has 0 heterocycles. The summed E-state index contributed by atoms with van der Waals surface area (Å²) in [6.07, 6.45) is 0. The molecule has 0 fully saturated rings. The van der Waals surface area contributed by atoms with Crippen LogP contribution < -0.4 is 5.32 Å². The molecule has 13 heavy (non-hydrogen) atoms. The van der Waals surface area contributed by atoms with Gasteiger partial charge in [0, 0.05) is 26.5 Å². The van der Waals surface area contributed by atoms with Gasteiger partial charge in [0.25, 0.3) is 0 Å². The second-order valence-electron chi connectivity index (χ2n) is 1.75. The van der Waals surface area contributed by atoms with E-state index in [1.807, 2.05) is 13.8 Å². The van der Waals surface area contributed by atoms with E-state index in [9.17, 15) is 0 Å². The standard InChI is InChI=1S/C5H14NO2PS2.CH2O/c1-6-4-5-11-9(10,7-2)8-3;1-2/h6H,4-5H2,1-3H3;1H2. The summed E-state index contributed by atoms with van der Waals surface area (Å²) in [7, 11) is 5.09. The lowest BCUT2D eigenvalue weighted by molar-refractivity contribution is -0.0979. The third-order valence-electron chi connectivity index (χ3n) is 1.05. The van der Waals surface area contributed by atoms with Gasteiger partial charge in [-0.1, -0.05) is 11.4 Å². The summed E-state index contributed by atoms with van der Waals surface area (Å²) in [5.41, 5.74) is -2.00. The van der Waals surface area contributed by atoms with Crippen LogP contribution in [0.3, 0.4) is 0 Å². The van der Waals surface area contributed by atoms with Crippen LogP contribution in [0.5, 0.6) is 0 Å². The van der Waals surface area contributed by atoms with Crippen molar-refractivity contribution in [3.8, 4) is 0 Å². The summed E-state index contributed by atoms with van der Waals surface area (Å²) in [4.78, 5) is 8.00. The Balaban J connectivity index is 0. The average molecular weight is 245 g/mol. The van der Waals surface area contributed by atoms with Gasteiger partial charge in [-0.25, -0.2) is 0 Å². The molecular weight excluding hydrogens is 229 g/mol. The van der Waals surface area contributed by atoms with Crippen LogP contribution in [0.1, 0.15) is 0 Å². The Kier molecular flexibility index (Phi) is 13.1. The van der Waals surface area contributed by atoms with Gasteiger partial charge in [0.05, 0.1) is 0 Å². The van der Waals surface area contributed by atoms with Gasteiger partial charge in [-0.3, -0.25) is 0 Å². The van der Waals surface area contributed by atoms with Crippen LogP contribution in [0.15, 0.2) is 0 Å². The highest BCUT2D eigenvalue weighted by Gasteiger charge is 2.14. The lowest BCUT2D eigenvalue weighted by Crippen LogP contribution is -2.09. The van der Waals surface area contributed by atoms with Crippen LogP contribution in [-0.2, 0) is 25.6 Å². The molecule has 0 aromatic rings. The molecule has 0 aromatic carbocycles. The second-order valence-corrected chi connectivity index (χ2v) is 8.39. The Morgan fingerprint density at radius 1 is 1.46 bits per heavy atom. The molecule has 0 amide bonds. The van der Waals surface area contributed by atoms with E-state index in [1.54, 1.807) is 25.6 Å². The maximum absolute atomic E-state index is 8.00. The van der Waals surface area contributed by atoms with Crippen LogP contribution >= 0.6 is 17.1 Å². The molecule has 0 spiro atoms. The lowest BCUT2D eigenvalue weighted by Gasteiger charge is -2.15. The van der Waals surface area contributed by atoms with E-state index in [0.717, 1.165) is 12.3 Å². The largest absolute Gasteiger partial charge is 0.325 e. The smallest absolute Gasteiger partial charge is 0.246 e. The predicted octanol–water partition coefficient (Wildman–Crippen LogP) is 1.27. The van der Waals surface area contributed by atoms with Crippen molar-refractivity contribution in [1.29, 1.82) is 0 Å². The molecule has 0 unspecified atom stereocenters. The van der Waals surface area contributed by atoms with E-state index in [-0.39, 0.29) is 0 Å². The first-order valence-corrected chi connectivity index (χ1v) is 7.71. The zero-order chi connectivity index (χ0) is 10.7. The van der Waals surface area contributed by atoms with Gasteiger partial charge in [-0.2, -0.15) is 0 Å². The minimum Gasteiger partial charge on any atom is -0.325 e. The van der Waals surface area contributed by atoms with Gasteiger partial charge in [0.15, 0.2) is 0 Å². The normalized spacial score (nSPS) is 10.4. The maximum Gasteiger partial charge on any atom is 0.246 e. The molecule has 0 saturated heterocycles. The topological polar surface area (TPSA) is 47.6 Å². The van der Waals surface area contributed by atoms with Crippen molar-refractivity contribution in [2.24, 2.45) is 0 Å². The van der Waals surface area contributed by atoms with E-state index < -0.39 is 5.69 Å². The van der Waals surface area contributed by atoms with E-state index in [4.69, 9.17) is 25.6 Å². The first-order chi connectivity index (χ1) is 6.18. The molecule has 7 heteroatoms. The average Bonchev–Trinajstić information content (AvgIpc) is 2.21. The number of hydrogen-bond donors (Lipinski definition) is 1. The fourth-order valence-corrected chi connectivity index (χ4v) is 3.57. The lowest BCUT2D eigenvalue weighted by atomic mass is 10.8. The zero-order valence-electron chi connectivity index (χ0n) is 8.11. The molecule has 0 rings (SSSR count). The summed E-state index contributed by atoms with van der Waals surface area (Å²) < 4.78 is 10.1. The minimum absolute atomic E-state index is 0.926. The summed E-state index contributed by atoms with van der Waals surface area (Å²) in [6.45, 7) is 2.93. The highest BCUT2D eigenvalue weighted by atomic mass is 32.9. The molecule has 0 bridgehead atoms. The van der Waals surface area contributed by atoms with Crippen LogP contribution in [0.4, 0.5) is 0 Å². The molecule has 0 aliphatic carbocycles. The van der Waals surface area contributed by atoms with Crippen LogP contribution in [0, 0.1) is 0 Å². The first-order valence-electron chi connectivity index (χ1n) is 3.48. The van der Waals surface area contributed by atoms with E-state index in [2.05, 4.69) is 5.32 Å². The summed E-state index contributed by atoms with van der Waals surface area (Å²) in [5, 5.41) is 3.03. The highest BCUT2D eigenvalue weighted by Crippen LogP contribution is 2.59. The van der Waals surface area contributed by atoms with Crippen molar-refractivity contribution in [3.63, 3.8) is 0 Å². The van der Waals surface area contributed by atoms with Gasteiger partial charge in [0.2, 0.25) is 5.69 Å². The van der Waals surface area contributed by atoms with Crippen molar-refractivity contribution < 1.29 is 13.8 Å². The molecule has 0 aromatic heterocycles. The van der Waals surface area contributed by atoms with Gasteiger partial charge >= 0.3 is 0 Å². The fourth-order valence-electron chi connectivity index (χ4n) is 0.439. The molecular formula is C6H16NO3PS2. The summed E-state index contributed by atoms with van der Waals surface area (Å²) >= 11 is 6.69. The third-order valence-corrected chi connectivity index (χ3v) is 6.88. The van der Waals surface area contributed by atoms with Gasteiger partial charge in [-0.05, 0) is 18.9 Å². The monoisotopic (exact) mass is 245 g/mol. The number of carbonyl (C=O) groups excluding carboxylic acids is 1. The Morgan fingerprint density at radius 2 is 1.92 bits per heavy atom. The Morgan fingerprint density at radius 3 is 2.23 bits per heavy atom. The Labute approximate surface area is 88.7 Å². The molecule has 0 aliphatic heterocycles. The molecule has 0 saturated carbocycles. The Bertz CT molecular complexity index is 151. The van der Waals surface area contributed by atoms with Crippen molar-refractivity contribution in [3.05, 3.63) is 0 Å². The van der Waals surface area contributed by atoms with Crippen molar-refractivity contribution in [1.82, 2.24) is 5.32 Å². The van der Waals surface area contributed by atoms with Crippen molar-refractivity contribution in [2.45, 2.75) is 0 Å². The number of nitrogens with one attached hydrogen (secondary N) is 1. The summed E-state index contributed by atoms with van der Waals surface area (Å²) in [6, 6.07) is 0. The van der Waals surface area contributed by atoms with Gasteiger partial charge in [-0.15, -0.1) is 0 Å². The van der Waals surface area contributed by atoms with Crippen LogP contribution in [0.25, 0.3) is 0 Å².